The van der Waals surface area contributed by atoms with E-state index >= 15 is 0 Å². The topological polar surface area (TPSA) is 52.6 Å². The number of ether oxygens (including phenoxy) is 2. The average molecular weight is 360 g/mol. The van der Waals surface area contributed by atoms with Crippen LogP contribution >= 0.6 is 0 Å². The molecule has 0 saturated heterocycles. The molecule has 27 heavy (non-hydrogen) atoms. The second-order valence-corrected chi connectivity index (χ2v) is 6.06. The van der Waals surface area contributed by atoms with Gasteiger partial charge < -0.3 is 9.47 Å². The van der Waals surface area contributed by atoms with Crippen LogP contribution in [0.15, 0.2) is 72.8 Å². The van der Waals surface area contributed by atoms with Gasteiger partial charge >= 0.3 is 11.9 Å². The Kier molecular flexibility index (Phi) is 5.67. The fraction of sp³-hybridized carbons (Fsp3) is 0.130. The molecule has 0 aliphatic rings. The molecule has 0 N–H and O–H groups in total. The summed E-state index contributed by atoms with van der Waals surface area (Å²) in [6.45, 7) is 3.76. The quantitative estimate of drug-likeness (QED) is 0.475. The van der Waals surface area contributed by atoms with Crippen molar-refractivity contribution >= 4 is 11.9 Å². The van der Waals surface area contributed by atoms with Gasteiger partial charge in [-0.05, 0) is 48.7 Å². The molecular weight excluding hydrogens is 340 g/mol. The standard InChI is InChI=1S/C23H20O4/c1-3-17-15-14-16(2)20(26-22(24)18-10-6-4-7-11-18)21(17)27-23(25)19-12-8-5-9-13-19/h4-15H,3H2,1-2H3. The van der Waals surface area contributed by atoms with Gasteiger partial charge in [0.05, 0.1) is 11.1 Å². The van der Waals surface area contributed by atoms with E-state index in [4.69, 9.17) is 9.47 Å². The number of carbonyl (C=O) groups is 2. The normalized spacial score (nSPS) is 10.3. The van der Waals surface area contributed by atoms with Gasteiger partial charge in [-0.1, -0.05) is 55.5 Å². The summed E-state index contributed by atoms with van der Waals surface area (Å²) in [4.78, 5) is 25.1. The number of esters is 2. The van der Waals surface area contributed by atoms with Crippen molar-refractivity contribution in [2.24, 2.45) is 0 Å². The van der Waals surface area contributed by atoms with Crippen molar-refractivity contribution in [3.05, 3.63) is 95.1 Å². The maximum absolute atomic E-state index is 12.5. The Morgan fingerprint density at radius 1 is 0.704 bits per heavy atom. The molecule has 0 unspecified atom stereocenters. The lowest BCUT2D eigenvalue weighted by atomic mass is 10.1. The maximum atomic E-state index is 12.5. The summed E-state index contributed by atoms with van der Waals surface area (Å²) in [6, 6.07) is 21.2. The second kappa shape index (κ2) is 8.32. The van der Waals surface area contributed by atoms with Gasteiger partial charge in [0.25, 0.3) is 0 Å². The van der Waals surface area contributed by atoms with E-state index in [0.717, 1.165) is 5.56 Å². The molecule has 0 saturated carbocycles. The molecule has 0 heterocycles. The van der Waals surface area contributed by atoms with E-state index in [1.807, 2.05) is 38.1 Å². The summed E-state index contributed by atoms with van der Waals surface area (Å²) in [5, 5.41) is 0. The highest BCUT2D eigenvalue weighted by molar-refractivity contribution is 5.93. The highest BCUT2D eigenvalue weighted by Crippen LogP contribution is 2.36. The molecule has 0 atom stereocenters. The Morgan fingerprint density at radius 2 is 1.19 bits per heavy atom. The van der Waals surface area contributed by atoms with Crippen molar-refractivity contribution in [3.63, 3.8) is 0 Å². The lowest BCUT2D eigenvalue weighted by Gasteiger charge is -2.16. The number of benzene rings is 3. The summed E-state index contributed by atoms with van der Waals surface area (Å²) in [5.41, 5.74) is 2.37. The number of hydrogen-bond acceptors (Lipinski definition) is 4. The number of aryl methyl sites for hydroxylation is 2. The van der Waals surface area contributed by atoms with Gasteiger partial charge in [0.2, 0.25) is 0 Å². The van der Waals surface area contributed by atoms with Crippen molar-refractivity contribution in [1.29, 1.82) is 0 Å². The zero-order valence-electron chi connectivity index (χ0n) is 15.3. The first-order chi connectivity index (χ1) is 13.1. The van der Waals surface area contributed by atoms with E-state index < -0.39 is 11.9 Å². The second-order valence-electron chi connectivity index (χ2n) is 6.06. The van der Waals surface area contributed by atoms with Crippen LogP contribution < -0.4 is 9.47 Å². The summed E-state index contributed by atoms with van der Waals surface area (Å²) in [7, 11) is 0. The molecule has 0 radical (unpaired) electrons. The van der Waals surface area contributed by atoms with Crippen molar-refractivity contribution in [3.8, 4) is 11.5 Å². The van der Waals surface area contributed by atoms with Crippen molar-refractivity contribution in [1.82, 2.24) is 0 Å². The first-order valence-corrected chi connectivity index (χ1v) is 8.77. The minimum absolute atomic E-state index is 0.271. The molecular formula is C23H20O4. The zero-order chi connectivity index (χ0) is 19.2. The van der Waals surface area contributed by atoms with Crippen LogP contribution in [0.2, 0.25) is 0 Å². The molecule has 3 aromatic carbocycles. The fourth-order valence-electron chi connectivity index (χ4n) is 2.67. The van der Waals surface area contributed by atoms with Crippen molar-refractivity contribution in [2.45, 2.75) is 20.3 Å². The lowest BCUT2D eigenvalue weighted by Crippen LogP contribution is -2.14. The lowest BCUT2D eigenvalue weighted by molar-refractivity contribution is 0.0680. The van der Waals surface area contributed by atoms with Crippen LogP contribution in [0.1, 0.15) is 38.8 Å². The van der Waals surface area contributed by atoms with Crippen molar-refractivity contribution < 1.29 is 19.1 Å². The first kappa shape index (κ1) is 18.4. The van der Waals surface area contributed by atoms with Crippen molar-refractivity contribution in [2.75, 3.05) is 0 Å². The molecule has 0 aliphatic carbocycles. The Morgan fingerprint density at radius 3 is 1.67 bits per heavy atom. The van der Waals surface area contributed by atoms with E-state index in [-0.39, 0.29) is 11.5 Å². The SMILES string of the molecule is CCc1ccc(C)c(OC(=O)c2ccccc2)c1OC(=O)c1ccccc1. The van der Waals surface area contributed by atoms with Crippen LogP contribution in [0.3, 0.4) is 0 Å². The smallest absolute Gasteiger partial charge is 0.343 e. The number of carbonyl (C=O) groups excluding carboxylic acids is 2. The Labute approximate surface area is 158 Å². The van der Waals surface area contributed by atoms with E-state index in [1.165, 1.54) is 0 Å². The molecule has 4 nitrogen and oxygen atoms in total. The zero-order valence-corrected chi connectivity index (χ0v) is 15.3. The van der Waals surface area contributed by atoms with Gasteiger partial charge in [0.1, 0.15) is 0 Å². The van der Waals surface area contributed by atoms with E-state index in [2.05, 4.69) is 0 Å². The molecule has 0 amide bonds. The number of hydrogen-bond donors (Lipinski definition) is 0. The van der Waals surface area contributed by atoms with Gasteiger partial charge in [0.15, 0.2) is 11.5 Å². The monoisotopic (exact) mass is 360 g/mol. The molecule has 0 aromatic heterocycles. The molecule has 0 bridgehead atoms. The first-order valence-electron chi connectivity index (χ1n) is 8.77. The van der Waals surface area contributed by atoms with E-state index in [1.54, 1.807) is 48.5 Å². The van der Waals surface area contributed by atoms with Crippen LogP contribution in [0.25, 0.3) is 0 Å². The molecule has 136 valence electrons. The van der Waals surface area contributed by atoms with Gasteiger partial charge in [0, 0.05) is 0 Å². The Bertz CT molecular complexity index is 947. The highest BCUT2D eigenvalue weighted by atomic mass is 16.6. The Balaban J connectivity index is 1.96. The van der Waals surface area contributed by atoms with Crippen LogP contribution in [-0.4, -0.2) is 11.9 Å². The summed E-state index contributed by atoms with van der Waals surface area (Å²) >= 11 is 0. The summed E-state index contributed by atoms with van der Waals surface area (Å²) in [6.07, 6.45) is 0.633. The minimum atomic E-state index is -0.496. The van der Waals surface area contributed by atoms with Crippen LogP contribution in [0.4, 0.5) is 0 Å². The third-order valence-corrected chi connectivity index (χ3v) is 4.18. The molecule has 3 aromatic rings. The fourth-order valence-corrected chi connectivity index (χ4v) is 2.67. The molecule has 0 spiro atoms. The summed E-state index contributed by atoms with van der Waals surface area (Å²) in [5.74, 6) is -0.431. The van der Waals surface area contributed by atoms with Crippen LogP contribution in [0.5, 0.6) is 11.5 Å². The Hall–Kier alpha value is -3.40. The predicted octanol–water partition coefficient (Wildman–Crippen LogP) is 5.00. The third kappa shape index (κ3) is 4.23. The molecule has 3 rings (SSSR count). The molecule has 4 heteroatoms. The largest absolute Gasteiger partial charge is 0.419 e. The molecule has 0 fully saturated rings. The van der Waals surface area contributed by atoms with E-state index in [0.29, 0.717) is 23.1 Å². The van der Waals surface area contributed by atoms with Gasteiger partial charge in [-0.3, -0.25) is 0 Å². The number of rotatable bonds is 5. The predicted molar refractivity (Wildman–Crippen MR) is 103 cm³/mol. The average Bonchev–Trinajstić information content (AvgIpc) is 2.72. The molecule has 0 aliphatic heterocycles. The van der Waals surface area contributed by atoms with Crippen LogP contribution in [-0.2, 0) is 6.42 Å². The van der Waals surface area contributed by atoms with Gasteiger partial charge in [-0.2, -0.15) is 0 Å². The van der Waals surface area contributed by atoms with Gasteiger partial charge in [-0.15, -0.1) is 0 Å². The highest BCUT2D eigenvalue weighted by Gasteiger charge is 2.21. The maximum Gasteiger partial charge on any atom is 0.343 e. The van der Waals surface area contributed by atoms with Gasteiger partial charge in [-0.25, -0.2) is 9.59 Å². The summed E-state index contributed by atoms with van der Waals surface area (Å²) < 4.78 is 11.3. The van der Waals surface area contributed by atoms with Crippen LogP contribution in [0, 0.1) is 6.92 Å². The van der Waals surface area contributed by atoms with E-state index in [9.17, 15) is 9.59 Å². The minimum Gasteiger partial charge on any atom is -0.419 e. The third-order valence-electron chi connectivity index (χ3n) is 4.18.